The lowest BCUT2D eigenvalue weighted by Crippen LogP contribution is -2.54. The number of anilines is 1. The molecule has 1 N–H and O–H groups in total. The first-order chi connectivity index (χ1) is 18.4. The average Bonchev–Trinajstić information content (AvgIpc) is 2.86. The van der Waals surface area contributed by atoms with Gasteiger partial charge in [0.25, 0.3) is 0 Å². The van der Waals surface area contributed by atoms with Crippen molar-refractivity contribution in [2.75, 3.05) is 17.1 Å². The van der Waals surface area contributed by atoms with Crippen LogP contribution in [0.3, 0.4) is 0 Å². The van der Waals surface area contributed by atoms with Crippen LogP contribution in [0.5, 0.6) is 0 Å². The minimum atomic E-state index is -3.84. The lowest BCUT2D eigenvalue weighted by Gasteiger charge is -2.34. The Morgan fingerprint density at radius 1 is 0.897 bits per heavy atom. The maximum atomic E-state index is 14.0. The second-order valence-electron chi connectivity index (χ2n) is 9.70. The van der Waals surface area contributed by atoms with Gasteiger partial charge in [-0.15, -0.1) is 0 Å². The molecule has 3 aromatic rings. The zero-order valence-electron chi connectivity index (χ0n) is 22.4. The molecule has 0 aliphatic heterocycles. The van der Waals surface area contributed by atoms with Crippen molar-refractivity contribution in [2.24, 2.45) is 0 Å². The van der Waals surface area contributed by atoms with Crippen molar-refractivity contribution in [3.63, 3.8) is 0 Å². The van der Waals surface area contributed by atoms with Crippen molar-refractivity contribution >= 4 is 50.7 Å². The molecule has 0 saturated carbocycles. The Labute approximate surface area is 240 Å². The number of amides is 2. The highest BCUT2D eigenvalue weighted by Crippen LogP contribution is 2.28. The molecule has 7 nitrogen and oxygen atoms in total. The van der Waals surface area contributed by atoms with Gasteiger partial charge in [-0.05, 0) is 50.6 Å². The van der Waals surface area contributed by atoms with Gasteiger partial charge in [0, 0.05) is 34.6 Å². The molecular weight excluding hydrogens is 557 g/mol. The van der Waals surface area contributed by atoms with Gasteiger partial charge in [-0.25, -0.2) is 8.42 Å². The van der Waals surface area contributed by atoms with Crippen LogP contribution in [0.2, 0.25) is 10.0 Å². The van der Waals surface area contributed by atoms with Gasteiger partial charge >= 0.3 is 0 Å². The molecule has 3 rings (SSSR count). The standard InChI is InChI=1S/C29H33Cl2N3O4S/c1-20(2)32-29(36)27(17-22-9-6-5-7-10-22)33(18-24-25(30)11-8-12-26(24)31)28(35)19-34(39(4,37)38)23-15-13-21(3)14-16-23/h5-16,20,27H,17-19H2,1-4H3,(H,32,36)/t27-/m1/s1. The van der Waals surface area contributed by atoms with Crippen LogP contribution in [-0.2, 0) is 32.6 Å². The summed E-state index contributed by atoms with van der Waals surface area (Å²) < 4.78 is 26.7. The summed E-state index contributed by atoms with van der Waals surface area (Å²) >= 11 is 12.9. The zero-order chi connectivity index (χ0) is 28.7. The summed E-state index contributed by atoms with van der Waals surface area (Å²) in [5.74, 6) is -0.941. The minimum Gasteiger partial charge on any atom is -0.352 e. The average molecular weight is 591 g/mol. The summed E-state index contributed by atoms with van der Waals surface area (Å²) in [7, 11) is -3.84. The van der Waals surface area contributed by atoms with E-state index >= 15 is 0 Å². The highest BCUT2D eigenvalue weighted by Gasteiger charge is 2.34. The van der Waals surface area contributed by atoms with Crippen molar-refractivity contribution < 1.29 is 18.0 Å². The van der Waals surface area contributed by atoms with Gasteiger partial charge < -0.3 is 10.2 Å². The number of sulfonamides is 1. The number of rotatable bonds is 11. The third-order valence-electron chi connectivity index (χ3n) is 6.09. The van der Waals surface area contributed by atoms with Gasteiger partial charge in [0.05, 0.1) is 11.9 Å². The van der Waals surface area contributed by atoms with Gasteiger partial charge in [-0.1, -0.05) is 77.3 Å². The maximum absolute atomic E-state index is 14.0. The van der Waals surface area contributed by atoms with Gasteiger partial charge in [-0.3, -0.25) is 13.9 Å². The highest BCUT2D eigenvalue weighted by molar-refractivity contribution is 7.92. The van der Waals surface area contributed by atoms with Crippen LogP contribution >= 0.6 is 23.2 Å². The van der Waals surface area contributed by atoms with E-state index in [1.54, 1.807) is 42.5 Å². The maximum Gasteiger partial charge on any atom is 0.244 e. The van der Waals surface area contributed by atoms with E-state index < -0.39 is 28.5 Å². The van der Waals surface area contributed by atoms with Crippen molar-refractivity contribution in [1.82, 2.24) is 10.2 Å². The van der Waals surface area contributed by atoms with E-state index in [9.17, 15) is 18.0 Å². The number of benzene rings is 3. The lowest BCUT2D eigenvalue weighted by atomic mass is 10.0. The molecule has 0 heterocycles. The number of hydrogen-bond donors (Lipinski definition) is 1. The third kappa shape index (κ3) is 8.46. The first-order valence-electron chi connectivity index (χ1n) is 12.5. The van der Waals surface area contributed by atoms with Gasteiger partial charge in [0.1, 0.15) is 12.6 Å². The number of hydrogen-bond acceptors (Lipinski definition) is 4. The van der Waals surface area contributed by atoms with E-state index in [0.717, 1.165) is 21.7 Å². The van der Waals surface area contributed by atoms with Gasteiger partial charge in [0.2, 0.25) is 21.8 Å². The Bertz CT molecular complexity index is 1380. The Balaban J connectivity index is 2.09. The van der Waals surface area contributed by atoms with Crippen LogP contribution in [-0.4, -0.2) is 50.0 Å². The van der Waals surface area contributed by atoms with Crippen LogP contribution in [0.25, 0.3) is 0 Å². The Morgan fingerprint density at radius 3 is 2.03 bits per heavy atom. The molecular formula is C29H33Cl2N3O4S. The smallest absolute Gasteiger partial charge is 0.244 e. The van der Waals surface area contributed by atoms with E-state index in [1.165, 1.54) is 4.90 Å². The Hall–Kier alpha value is -3.07. The van der Waals surface area contributed by atoms with Crippen molar-refractivity contribution in [3.8, 4) is 0 Å². The fraction of sp³-hybridized carbons (Fsp3) is 0.310. The molecule has 39 heavy (non-hydrogen) atoms. The van der Waals surface area contributed by atoms with E-state index in [1.807, 2.05) is 51.1 Å². The molecule has 10 heteroatoms. The summed E-state index contributed by atoms with van der Waals surface area (Å²) in [5.41, 5.74) is 2.59. The molecule has 3 aromatic carbocycles. The molecule has 0 aromatic heterocycles. The summed E-state index contributed by atoms with van der Waals surface area (Å²) in [6, 6.07) is 20.0. The molecule has 0 fully saturated rings. The molecule has 0 aliphatic carbocycles. The van der Waals surface area contributed by atoms with E-state index in [0.29, 0.717) is 21.3 Å². The van der Waals surface area contributed by atoms with Crippen molar-refractivity contribution in [2.45, 2.75) is 45.8 Å². The Kier molecular flexibility index (Phi) is 10.4. The second kappa shape index (κ2) is 13.3. The number of nitrogens with one attached hydrogen (secondary N) is 1. The largest absolute Gasteiger partial charge is 0.352 e. The summed E-state index contributed by atoms with van der Waals surface area (Å²) in [6.45, 7) is 4.95. The molecule has 2 amide bonds. The molecule has 0 spiro atoms. The van der Waals surface area contributed by atoms with Crippen LogP contribution in [0, 0.1) is 6.92 Å². The first-order valence-corrected chi connectivity index (χ1v) is 15.1. The molecule has 0 radical (unpaired) electrons. The quantitative estimate of drug-likeness (QED) is 0.331. The van der Waals surface area contributed by atoms with Gasteiger partial charge in [-0.2, -0.15) is 0 Å². The zero-order valence-corrected chi connectivity index (χ0v) is 24.7. The molecule has 0 saturated heterocycles. The topological polar surface area (TPSA) is 86.8 Å². The normalized spacial score (nSPS) is 12.2. The SMILES string of the molecule is Cc1ccc(N(CC(=O)N(Cc2c(Cl)cccc2Cl)[C@H](Cc2ccccc2)C(=O)NC(C)C)S(C)(=O)=O)cc1. The molecule has 0 unspecified atom stereocenters. The monoisotopic (exact) mass is 589 g/mol. The van der Waals surface area contributed by atoms with Crippen molar-refractivity contribution in [1.29, 1.82) is 0 Å². The number of carbonyl (C=O) groups is 2. The Morgan fingerprint density at radius 2 is 1.49 bits per heavy atom. The predicted molar refractivity (Wildman–Crippen MR) is 158 cm³/mol. The highest BCUT2D eigenvalue weighted by atomic mass is 35.5. The van der Waals surface area contributed by atoms with Gasteiger partial charge in [0.15, 0.2) is 0 Å². The number of carbonyl (C=O) groups excluding carboxylic acids is 2. The second-order valence-corrected chi connectivity index (χ2v) is 12.4. The van der Waals surface area contributed by atoms with E-state index in [2.05, 4.69) is 5.32 Å². The molecule has 0 bridgehead atoms. The van der Waals surface area contributed by atoms with Crippen LogP contribution in [0.4, 0.5) is 5.69 Å². The van der Waals surface area contributed by atoms with Crippen molar-refractivity contribution in [3.05, 3.63) is 99.5 Å². The van der Waals surface area contributed by atoms with E-state index in [4.69, 9.17) is 23.2 Å². The van der Waals surface area contributed by atoms with Crippen LogP contribution in [0.15, 0.2) is 72.8 Å². The number of aryl methyl sites for hydroxylation is 1. The molecule has 208 valence electrons. The number of nitrogens with zero attached hydrogens (tertiary/aromatic N) is 2. The van der Waals surface area contributed by atoms with Crippen LogP contribution in [0.1, 0.15) is 30.5 Å². The molecule has 1 atom stereocenters. The first kappa shape index (κ1) is 30.5. The van der Waals surface area contributed by atoms with E-state index in [-0.39, 0.29) is 24.9 Å². The van der Waals surface area contributed by atoms with Crippen LogP contribution < -0.4 is 9.62 Å². The summed E-state index contributed by atoms with van der Waals surface area (Å²) in [4.78, 5) is 29.0. The molecule has 0 aliphatic rings. The predicted octanol–water partition coefficient (Wildman–Crippen LogP) is 5.23. The minimum absolute atomic E-state index is 0.0914. The lowest BCUT2D eigenvalue weighted by molar-refractivity contribution is -0.140. The fourth-order valence-electron chi connectivity index (χ4n) is 4.11. The third-order valence-corrected chi connectivity index (χ3v) is 7.94. The summed E-state index contributed by atoms with van der Waals surface area (Å²) in [6.07, 6.45) is 1.25. The summed E-state index contributed by atoms with van der Waals surface area (Å²) in [5, 5.41) is 3.57. The number of halogens is 2. The fourth-order valence-corrected chi connectivity index (χ4v) is 5.48.